The van der Waals surface area contributed by atoms with Crippen LogP contribution in [0, 0.1) is 6.92 Å². The molecule has 1 aromatic heterocycles. The first kappa shape index (κ1) is 27.4. The number of aryl methyl sites for hydroxylation is 3. The minimum atomic E-state index is -0.646. The number of hydrogen-bond acceptors (Lipinski definition) is 7. The molecule has 4 aromatic rings. The number of esters is 1. The zero-order valence-corrected chi connectivity index (χ0v) is 22.4. The first-order valence-electron chi connectivity index (χ1n) is 12.7. The van der Waals surface area contributed by atoms with E-state index in [1.165, 1.54) is 17.6 Å². The van der Waals surface area contributed by atoms with Crippen LogP contribution in [0.2, 0.25) is 0 Å². The number of ether oxygens (including phenoxy) is 3. The molecule has 0 aliphatic carbocycles. The van der Waals surface area contributed by atoms with E-state index >= 15 is 0 Å². The summed E-state index contributed by atoms with van der Waals surface area (Å²) < 4.78 is 21.2. The molecule has 0 aliphatic rings. The van der Waals surface area contributed by atoms with Crippen molar-refractivity contribution in [3.8, 4) is 23.0 Å². The summed E-state index contributed by atoms with van der Waals surface area (Å²) in [5.74, 6) is 1.96. The molecule has 39 heavy (non-hydrogen) atoms. The largest absolute Gasteiger partial charge is 0.497 e. The van der Waals surface area contributed by atoms with Crippen LogP contribution in [-0.2, 0) is 28.9 Å². The van der Waals surface area contributed by atoms with Crippen molar-refractivity contribution < 1.29 is 28.2 Å². The van der Waals surface area contributed by atoms with Crippen LogP contribution in [0.3, 0.4) is 0 Å². The number of carbonyl (C=O) groups is 2. The Hall–Kier alpha value is -4.59. The maximum absolute atomic E-state index is 12.8. The van der Waals surface area contributed by atoms with Gasteiger partial charge in [-0.2, -0.15) is 0 Å². The van der Waals surface area contributed by atoms with E-state index in [1.807, 2.05) is 61.5 Å². The van der Waals surface area contributed by atoms with Gasteiger partial charge in [-0.05, 0) is 73.7 Å². The maximum atomic E-state index is 12.8. The SMILES string of the molecule is COC(=O)CN(Cc1ccc(CCCc2nc(-c3ccccc3)oc2C)cc1)C(=O)Oc1ccc(OC)cc1. The fourth-order valence-electron chi connectivity index (χ4n) is 4.07. The van der Waals surface area contributed by atoms with Gasteiger partial charge in [0.1, 0.15) is 23.8 Å². The van der Waals surface area contributed by atoms with Gasteiger partial charge in [-0.3, -0.25) is 9.69 Å². The minimum Gasteiger partial charge on any atom is -0.497 e. The van der Waals surface area contributed by atoms with Crippen LogP contribution in [0.15, 0.2) is 83.3 Å². The molecular formula is C31H32N2O6. The van der Waals surface area contributed by atoms with E-state index in [2.05, 4.69) is 4.98 Å². The maximum Gasteiger partial charge on any atom is 0.416 e. The summed E-state index contributed by atoms with van der Waals surface area (Å²) in [5, 5.41) is 0. The monoisotopic (exact) mass is 528 g/mol. The molecule has 202 valence electrons. The van der Waals surface area contributed by atoms with Crippen molar-refractivity contribution in [3.05, 3.63) is 101 Å². The lowest BCUT2D eigenvalue weighted by atomic mass is 10.0. The minimum absolute atomic E-state index is 0.199. The highest BCUT2D eigenvalue weighted by atomic mass is 16.6. The van der Waals surface area contributed by atoms with Gasteiger partial charge in [0.05, 0.1) is 19.9 Å². The standard InChI is InChI=1S/C31H32N2O6/c1-22-28(32-30(38-22)25-9-5-4-6-10-25)11-7-8-23-12-14-24(15-13-23)20-33(21-29(34)37-3)31(35)39-27-18-16-26(36-2)17-19-27/h4-6,9-10,12-19H,7-8,11,20-21H2,1-3H3. The number of benzene rings is 3. The van der Waals surface area contributed by atoms with Crippen molar-refractivity contribution in [1.82, 2.24) is 9.88 Å². The molecule has 1 amide bonds. The normalized spacial score (nSPS) is 10.6. The van der Waals surface area contributed by atoms with Crippen LogP contribution < -0.4 is 9.47 Å². The van der Waals surface area contributed by atoms with E-state index in [0.717, 1.165) is 41.8 Å². The van der Waals surface area contributed by atoms with Crippen LogP contribution in [0.4, 0.5) is 4.79 Å². The van der Waals surface area contributed by atoms with Gasteiger partial charge in [0.2, 0.25) is 5.89 Å². The number of hydrogen-bond donors (Lipinski definition) is 0. The Labute approximate surface area is 228 Å². The summed E-state index contributed by atoms with van der Waals surface area (Å²) in [6, 6.07) is 24.5. The van der Waals surface area contributed by atoms with E-state index in [4.69, 9.17) is 18.6 Å². The van der Waals surface area contributed by atoms with Gasteiger partial charge in [0.25, 0.3) is 0 Å². The summed E-state index contributed by atoms with van der Waals surface area (Å²) in [4.78, 5) is 30.8. The lowest BCUT2D eigenvalue weighted by molar-refractivity contribution is -0.141. The van der Waals surface area contributed by atoms with Crippen LogP contribution in [0.1, 0.15) is 29.0 Å². The molecular weight excluding hydrogens is 496 g/mol. The second-order valence-electron chi connectivity index (χ2n) is 9.03. The predicted molar refractivity (Wildman–Crippen MR) is 147 cm³/mol. The van der Waals surface area contributed by atoms with Gasteiger partial charge in [-0.25, -0.2) is 9.78 Å². The molecule has 0 radical (unpaired) electrons. The van der Waals surface area contributed by atoms with Crippen LogP contribution in [0.25, 0.3) is 11.5 Å². The molecule has 0 bridgehead atoms. The third kappa shape index (κ3) is 7.70. The molecule has 0 saturated carbocycles. The Kier molecular flexibility index (Phi) is 9.34. The molecule has 4 rings (SSSR count). The van der Waals surface area contributed by atoms with E-state index in [9.17, 15) is 9.59 Å². The summed E-state index contributed by atoms with van der Waals surface area (Å²) in [6.07, 6.45) is 1.96. The molecule has 3 aromatic carbocycles. The first-order valence-corrected chi connectivity index (χ1v) is 12.7. The zero-order valence-electron chi connectivity index (χ0n) is 22.4. The highest BCUT2D eigenvalue weighted by Crippen LogP contribution is 2.23. The average Bonchev–Trinajstić information content (AvgIpc) is 3.34. The fourth-order valence-corrected chi connectivity index (χ4v) is 4.07. The summed E-state index contributed by atoms with van der Waals surface area (Å²) in [6.45, 7) is 1.92. The Balaban J connectivity index is 1.33. The lowest BCUT2D eigenvalue weighted by Gasteiger charge is -2.21. The van der Waals surface area contributed by atoms with Crippen LogP contribution in [-0.4, -0.2) is 42.7 Å². The molecule has 0 aliphatic heterocycles. The first-order chi connectivity index (χ1) is 18.9. The average molecular weight is 529 g/mol. The van der Waals surface area contributed by atoms with Crippen molar-refractivity contribution in [1.29, 1.82) is 0 Å². The van der Waals surface area contributed by atoms with E-state index in [0.29, 0.717) is 17.4 Å². The highest BCUT2D eigenvalue weighted by Gasteiger charge is 2.20. The molecule has 0 fully saturated rings. The van der Waals surface area contributed by atoms with E-state index in [1.54, 1.807) is 31.4 Å². The lowest BCUT2D eigenvalue weighted by Crippen LogP contribution is -2.37. The molecule has 8 heteroatoms. The topological polar surface area (TPSA) is 91.1 Å². The predicted octanol–water partition coefficient (Wildman–Crippen LogP) is 6.01. The van der Waals surface area contributed by atoms with Crippen molar-refractivity contribution in [2.24, 2.45) is 0 Å². The number of oxazole rings is 1. The number of aromatic nitrogens is 1. The van der Waals surface area contributed by atoms with Gasteiger partial charge < -0.3 is 18.6 Å². The third-order valence-electron chi connectivity index (χ3n) is 6.26. The molecule has 0 atom stereocenters. The highest BCUT2D eigenvalue weighted by molar-refractivity contribution is 5.79. The van der Waals surface area contributed by atoms with Crippen molar-refractivity contribution >= 4 is 12.1 Å². The van der Waals surface area contributed by atoms with Gasteiger partial charge in [0, 0.05) is 12.1 Å². The zero-order chi connectivity index (χ0) is 27.6. The second kappa shape index (κ2) is 13.3. The van der Waals surface area contributed by atoms with Gasteiger partial charge in [0.15, 0.2) is 0 Å². The Morgan fingerprint density at radius 1 is 0.846 bits per heavy atom. The molecule has 8 nitrogen and oxygen atoms in total. The van der Waals surface area contributed by atoms with Gasteiger partial charge in [-0.1, -0.05) is 42.5 Å². The Morgan fingerprint density at radius 2 is 1.51 bits per heavy atom. The summed E-state index contributed by atoms with van der Waals surface area (Å²) in [5.41, 5.74) is 3.98. The molecule has 0 saturated heterocycles. The number of methoxy groups -OCH3 is 2. The van der Waals surface area contributed by atoms with E-state index in [-0.39, 0.29) is 13.1 Å². The van der Waals surface area contributed by atoms with Crippen molar-refractivity contribution in [3.63, 3.8) is 0 Å². The number of carbonyl (C=O) groups excluding carboxylic acids is 2. The van der Waals surface area contributed by atoms with E-state index < -0.39 is 12.1 Å². The fraction of sp³-hybridized carbons (Fsp3) is 0.258. The smallest absolute Gasteiger partial charge is 0.416 e. The van der Waals surface area contributed by atoms with Crippen LogP contribution >= 0.6 is 0 Å². The summed E-state index contributed by atoms with van der Waals surface area (Å²) >= 11 is 0. The Bertz CT molecular complexity index is 1360. The summed E-state index contributed by atoms with van der Waals surface area (Å²) in [7, 11) is 2.84. The number of amides is 1. The van der Waals surface area contributed by atoms with Gasteiger partial charge in [-0.15, -0.1) is 0 Å². The molecule has 1 heterocycles. The number of nitrogens with zero attached hydrogens (tertiary/aromatic N) is 2. The van der Waals surface area contributed by atoms with Crippen molar-refractivity contribution in [2.75, 3.05) is 20.8 Å². The second-order valence-corrected chi connectivity index (χ2v) is 9.03. The quantitative estimate of drug-likeness (QED) is 0.220. The molecule has 0 unspecified atom stereocenters. The van der Waals surface area contributed by atoms with Gasteiger partial charge >= 0.3 is 12.1 Å². The van der Waals surface area contributed by atoms with Crippen molar-refractivity contribution in [2.45, 2.75) is 32.7 Å². The number of rotatable bonds is 11. The molecule has 0 spiro atoms. The third-order valence-corrected chi connectivity index (χ3v) is 6.26. The Morgan fingerprint density at radius 3 is 2.18 bits per heavy atom. The molecule has 0 N–H and O–H groups in total. The van der Waals surface area contributed by atoms with Crippen LogP contribution in [0.5, 0.6) is 11.5 Å².